The molecule has 0 aliphatic heterocycles. The van der Waals surface area contributed by atoms with Gasteiger partial charge in [-0.1, -0.05) is 11.8 Å². The molecule has 7 heteroatoms. The Hall–Kier alpha value is -1.86. The summed E-state index contributed by atoms with van der Waals surface area (Å²) in [6, 6.07) is 11.6. The van der Waals surface area contributed by atoms with Gasteiger partial charge >= 0.3 is 5.97 Å². The number of benzene rings is 2. The summed E-state index contributed by atoms with van der Waals surface area (Å²) < 4.78 is 5.61. The first-order chi connectivity index (χ1) is 10.5. The predicted molar refractivity (Wildman–Crippen MR) is 87.3 cm³/mol. The minimum atomic E-state index is -0.431. The lowest BCUT2D eigenvalue weighted by molar-refractivity contribution is -0.384. The van der Waals surface area contributed by atoms with Crippen LogP contribution in [0, 0.1) is 10.1 Å². The van der Waals surface area contributed by atoms with E-state index in [1.807, 2.05) is 12.1 Å². The lowest BCUT2D eigenvalue weighted by Crippen LogP contribution is -2.05. The number of rotatable bonds is 5. The fourth-order valence-electron chi connectivity index (χ4n) is 1.71. The van der Waals surface area contributed by atoms with Gasteiger partial charge in [0.05, 0.1) is 17.1 Å². The maximum absolute atomic E-state index is 11.7. The van der Waals surface area contributed by atoms with Crippen LogP contribution in [0.1, 0.15) is 17.3 Å². The Morgan fingerprint density at radius 1 is 1.23 bits per heavy atom. The Bertz CT molecular complexity index is 703. The minimum Gasteiger partial charge on any atom is -0.462 e. The first kappa shape index (κ1) is 16.5. The second-order valence-electron chi connectivity index (χ2n) is 4.22. The van der Waals surface area contributed by atoms with Gasteiger partial charge in [0.2, 0.25) is 0 Å². The fourth-order valence-corrected chi connectivity index (χ4v) is 3.26. The van der Waals surface area contributed by atoms with Crippen molar-refractivity contribution in [3.05, 3.63) is 62.6 Å². The Balaban J connectivity index is 2.15. The maximum Gasteiger partial charge on any atom is 0.339 e. The molecule has 0 amide bonds. The van der Waals surface area contributed by atoms with Crippen LogP contribution in [0.4, 0.5) is 5.69 Å². The molecule has 0 saturated carbocycles. The number of carbonyl (C=O) groups is 1. The molecule has 0 aromatic heterocycles. The van der Waals surface area contributed by atoms with Crippen molar-refractivity contribution < 1.29 is 14.5 Å². The van der Waals surface area contributed by atoms with Crippen LogP contribution in [0.25, 0.3) is 0 Å². The number of nitro groups is 1. The van der Waals surface area contributed by atoms with Gasteiger partial charge in [-0.05, 0) is 53.2 Å². The van der Waals surface area contributed by atoms with Crippen molar-refractivity contribution in [1.82, 2.24) is 0 Å². The summed E-state index contributed by atoms with van der Waals surface area (Å²) in [4.78, 5) is 23.7. The van der Waals surface area contributed by atoms with Crippen molar-refractivity contribution in [3.63, 3.8) is 0 Å². The van der Waals surface area contributed by atoms with Gasteiger partial charge in [0.15, 0.2) is 0 Å². The molecule has 0 spiro atoms. The van der Waals surface area contributed by atoms with Crippen LogP contribution in [0.15, 0.2) is 56.7 Å². The molecule has 0 N–H and O–H groups in total. The van der Waals surface area contributed by atoms with Crippen LogP contribution in [0.5, 0.6) is 0 Å². The smallest absolute Gasteiger partial charge is 0.339 e. The highest BCUT2D eigenvalue weighted by atomic mass is 79.9. The second-order valence-corrected chi connectivity index (χ2v) is 6.22. The van der Waals surface area contributed by atoms with E-state index in [2.05, 4.69) is 15.9 Å². The standard InChI is InChI=1S/C15H12BrNO4S/c1-2-21-15(18)13-8-7-12(9-14(13)16)22-11-5-3-10(4-6-11)17(19)20/h3-9H,2H2,1H3. The molecule has 0 radical (unpaired) electrons. The van der Waals surface area contributed by atoms with Gasteiger partial charge in [-0.15, -0.1) is 0 Å². The molecule has 5 nitrogen and oxygen atoms in total. The number of hydrogen-bond donors (Lipinski definition) is 0. The first-order valence-corrected chi connectivity index (χ1v) is 8.01. The van der Waals surface area contributed by atoms with Crippen LogP contribution < -0.4 is 0 Å². The molecule has 0 unspecified atom stereocenters. The monoisotopic (exact) mass is 381 g/mol. The van der Waals surface area contributed by atoms with Crippen LogP contribution in [-0.4, -0.2) is 17.5 Å². The summed E-state index contributed by atoms with van der Waals surface area (Å²) in [5.74, 6) is -0.374. The fraction of sp³-hybridized carbons (Fsp3) is 0.133. The number of non-ortho nitro benzene ring substituents is 1. The zero-order valence-electron chi connectivity index (χ0n) is 11.6. The molecule has 0 atom stereocenters. The molecule has 2 aromatic rings. The topological polar surface area (TPSA) is 69.4 Å². The number of esters is 1. The molecule has 114 valence electrons. The average Bonchev–Trinajstić information content (AvgIpc) is 2.48. The molecular formula is C15H12BrNO4S. The SMILES string of the molecule is CCOC(=O)c1ccc(Sc2ccc([N+](=O)[O-])cc2)cc1Br. The maximum atomic E-state index is 11.7. The van der Waals surface area contributed by atoms with Crippen molar-refractivity contribution in [2.75, 3.05) is 6.61 Å². The van der Waals surface area contributed by atoms with Gasteiger partial charge in [0.25, 0.3) is 5.69 Å². The number of ether oxygens (including phenoxy) is 1. The van der Waals surface area contributed by atoms with Gasteiger partial charge in [0.1, 0.15) is 0 Å². The van der Waals surface area contributed by atoms with Crippen LogP contribution in [0.3, 0.4) is 0 Å². The third-order valence-electron chi connectivity index (χ3n) is 2.72. The van der Waals surface area contributed by atoms with E-state index < -0.39 is 4.92 Å². The summed E-state index contributed by atoms with van der Waals surface area (Å²) in [6.45, 7) is 2.08. The quantitative estimate of drug-likeness (QED) is 0.427. The first-order valence-electron chi connectivity index (χ1n) is 6.40. The highest BCUT2D eigenvalue weighted by Crippen LogP contribution is 2.32. The molecular weight excluding hydrogens is 370 g/mol. The van der Waals surface area contributed by atoms with E-state index in [0.717, 1.165) is 9.79 Å². The van der Waals surface area contributed by atoms with Crippen LogP contribution in [-0.2, 0) is 4.74 Å². The van der Waals surface area contributed by atoms with E-state index in [1.54, 1.807) is 25.1 Å². The van der Waals surface area contributed by atoms with Gasteiger partial charge in [-0.25, -0.2) is 4.79 Å². The highest BCUT2D eigenvalue weighted by Gasteiger charge is 2.12. The number of nitro benzene ring substituents is 1. The second kappa shape index (κ2) is 7.42. The van der Waals surface area contributed by atoms with Crippen molar-refractivity contribution in [2.45, 2.75) is 16.7 Å². The van der Waals surface area contributed by atoms with Crippen molar-refractivity contribution in [2.24, 2.45) is 0 Å². The van der Waals surface area contributed by atoms with E-state index in [9.17, 15) is 14.9 Å². The lowest BCUT2D eigenvalue weighted by Gasteiger charge is -2.07. The summed E-state index contributed by atoms with van der Waals surface area (Å²) in [7, 11) is 0. The van der Waals surface area contributed by atoms with E-state index in [0.29, 0.717) is 16.6 Å². The third kappa shape index (κ3) is 4.08. The van der Waals surface area contributed by atoms with E-state index >= 15 is 0 Å². The summed E-state index contributed by atoms with van der Waals surface area (Å²) in [5.41, 5.74) is 0.526. The molecule has 0 fully saturated rings. The molecule has 0 bridgehead atoms. The Morgan fingerprint density at radius 2 is 1.86 bits per heavy atom. The largest absolute Gasteiger partial charge is 0.462 e. The van der Waals surface area contributed by atoms with Crippen molar-refractivity contribution in [1.29, 1.82) is 0 Å². The van der Waals surface area contributed by atoms with Gasteiger partial charge < -0.3 is 4.74 Å². The molecule has 0 saturated heterocycles. The van der Waals surface area contributed by atoms with Gasteiger partial charge in [-0.2, -0.15) is 0 Å². The molecule has 0 aliphatic carbocycles. The van der Waals surface area contributed by atoms with Gasteiger partial charge in [-0.3, -0.25) is 10.1 Å². The lowest BCUT2D eigenvalue weighted by atomic mass is 10.2. The number of nitrogens with zero attached hydrogens (tertiary/aromatic N) is 1. The average molecular weight is 382 g/mol. The summed E-state index contributed by atoms with van der Waals surface area (Å²) >= 11 is 4.81. The summed E-state index contributed by atoms with van der Waals surface area (Å²) in [5, 5.41) is 10.6. The van der Waals surface area contributed by atoms with E-state index in [-0.39, 0.29) is 11.7 Å². The Labute approximate surface area is 140 Å². The summed E-state index contributed by atoms with van der Waals surface area (Å²) in [6.07, 6.45) is 0. The number of hydrogen-bond acceptors (Lipinski definition) is 5. The van der Waals surface area contributed by atoms with E-state index in [1.165, 1.54) is 23.9 Å². The molecule has 0 heterocycles. The number of halogens is 1. The van der Waals surface area contributed by atoms with Crippen molar-refractivity contribution >= 4 is 39.3 Å². The minimum absolute atomic E-state index is 0.0585. The third-order valence-corrected chi connectivity index (χ3v) is 4.37. The predicted octanol–water partition coefficient (Wildman–Crippen LogP) is 4.69. The normalized spacial score (nSPS) is 10.3. The molecule has 0 aliphatic rings. The van der Waals surface area contributed by atoms with Crippen LogP contribution in [0.2, 0.25) is 0 Å². The molecule has 22 heavy (non-hydrogen) atoms. The molecule has 2 rings (SSSR count). The Kier molecular flexibility index (Phi) is 5.57. The van der Waals surface area contributed by atoms with Crippen molar-refractivity contribution in [3.8, 4) is 0 Å². The zero-order valence-corrected chi connectivity index (χ0v) is 14.0. The Morgan fingerprint density at radius 3 is 2.41 bits per heavy atom. The van der Waals surface area contributed by atoms with Gasteiger partial charge in [0, 0.05) is 26.4 Å². The molecule has 2 aromatic carbocycles. The van der Waals surface area contributed by atoms with E-state index in [4.69, 9.17) is 4.74 Å². The van der Waals surface area contributed by atoms with Crippen LogP contribution >= 0.6 is 27.7 Å². The highest BCUT2D eigenvalue weighted by molar-refractivity contribution is 9.10. The number of carbonyl (C=O) groups excluding carboxylic acids is 1. The zero-order chi connectivity index (χ0) is 16.1.